The Morgan fingerprint density at radius 3 is 2.71 bits per heavy atom. The van der Waals surface area contributed by atoms with Crippen molar-refractivity contribution < 1.29 is 4.79 Å². The number of hydrazone groups is 1. The molecule has 1 aromatic heterocycles. The Hall–Kier alpha value is -2.61. The summed E-state index contributed by atoms with van der Waals surface area (Å²) in [5.74, 6) is 0.218. The molecule has 0 bridgehead atoms. The van der Waals surface area contributed by atoms with Crippen molar-refractivity contribution in [1.82, 2.24) is 15.4 Å². The Balaban J connectivity index is 2.03. The van der Waals surface area contributed by atoms with E-state index >= 15 is 0 Å². The Morgan fingerprint density at radius 1 is 1.38 bits per heavy atom. The maximum absolute atomic E-state index is 12.0. The first-order chi connectivity index (χ1) is 11.5. The van der Waals surface area contributed by atoms with Gasteiger partial charge in [0.25, 0.3) is 11.5 Å². The van der Waals surface area contributed by atoms with Crippen LogP contribution in [0.2, 0.25) is 0 Å². The fourth-order valence-electron chi connectivity index (χ4n) is 1.84. The Kier molecular flexibility index (Phi) is 6.14. The highest BCUT2D eigenvalue weighted by Gasteiger charge is 2.09. The van der Waals surface area contributed by atoms with Gasteiger partial charge in [0.05, 0.1) is 6.21 Å². The number of anilines is 1. The predicted molar refractivity (Wildman–Crippen MR) is 97.1 cm³/mol. The van der Waals surface area contributed by atoms with Gasteiger partial charge in [-0.3, -0.25) is 9.59 Å². The molecule has 8 heteroatoms. The molecule has 0 fully saturated rings. The van der Waals surface area contributed by atoms with Crippen LogP contribution in [-0.4, -0.2) is 41.9 Å². The zero-order chi connectivity index (χ0) is 17.5. The van der Waals surface area contributed by atoms with E-state index in [0.29, 0.717) is 5.16 Å². The van der Waals surface area contributed by atoms with Crippen molar-refractivity contribution >= 4 is 29.6 Å². The minimum absolute atomic E-state index is 0.0369. The monoisotopic (exact) mass is 345 g/mol. The lowest BCUT2D eigenvalue weighted by molar-refractivity contribution is 0.0949. The highest BCUT2D eigenvalue weighted by Crippen LogP contribution is 2.11. The number of benzene rings is 1. The molecule has 7 nitrogen and oxygen atoms in total. The van der Waals surface area contributed by atoms with Crippen LogP contribution in [0.15, 0.2) is 45.4 Å². The summed E-state index contributed by atoms with van der Waals surface area (Å²) in [6.07, 6.45) is 1.53. The van der Waals surface area contributed by atoms with E-state index in [1.54, 1.807) is 0 Å². The number of aromatic nitrogens is 2. The maximum Gasteiger partial charge on any atom is 0.290 e. The van der Waals surface area contributed by atoms with Crippen molar-refractivity contribution in [1.29, 1.82) is 0 Å². The summed E-state index contributed by atoms with van der Waals surface area (Å²) in [5.41, 5.74) is 3.97. The highest BCUT2D eigenvalue weighted by atomic mass is 32.2. The van der Waals surface area contributed by atoms with Crippen molar-refractivity contribution in [3.63, 3.8) is 0 Å². The van der Waals surface area contributed by atoms with E-state index < -0.39 is 5.91 Å². The highest BCUT2D eigenvalue weighted by molar-refractivity contribution is 7.99. The van der Waals surface area contributed by atoms with Crippen molar-refractivity contribution in [3.8, 4) is 0 Å². The van der Waals surface area contributed by atoms with E-state index in [1.807, 2.05) is 50.2 Å². The lowest BCUT2D eigenvalue weighted by Crippen LogP contribution is -2.22. The zero-order valence-corrected chi connectivity index (χ0v) is 14.6. The van der Waals surface area contributed by atoms with Crippen LogP contribution in [0, 0.1) is 0 Å². The van der Waals surface area contributed by atoms with Gasteiger partial charge in [-0.05, 0) is 23.4 Å². The first-order valence-corrected chi connectivity index (χ1v) is 8.33. The van der Waals surface area contributed by atoms with Crippen LogP contribution in [-0.2, 0) is 0 Å². The summed E-state index contributed by atoms with van der Waals surface area (Å²) < 4.78 is 0. The van der Waals surface area contributed by atoms with Gasteiger partial charge in [-0.25, -0.2) is 10.4 Å². The number of amides is 1. The molecule has 2 rings (SSSR count). The smallest absolute Gasteiger partial charge is 0.290 e. The van der Waals surface area contributed by atoms with Crippen LogP contribution in [0.4, 0.5) is 5.69 Å². The van der Waals surface area contributed by atoms with Gasteiger partial charge in [0, 0.05) is 25.8 Å². The average molecular weight is 345 g/mol. The number of carbonyl (C=O) groups excluding carboxylic acids is 1. The largest absolute Gasteiger partial charge is 0.378 e. The number of hydrogen-bond acceptors (Lipinski definition) is 6. The minimum Gasteiger partial charge on any atom is -0.378 e. The van der Waals surface area contributed by atoms with E-state index in [1.165, 1.54) is 18.0 Å². The van der Waals surface area contributed by atoms with Crippen molar-refractivity contribution in [3.05, 3.63) is 51.9 Å². The summed E-state index contributed by atoms with van der Waals surface area (Å²) in [4.78, 5) is 32.2. The Morgan fingerprint density at radius 2 is 2.08 bits per heavy atom. The third kappa shape index (κ3) is 4.95. The van der Waals surface area contributed by atoms with Gasteiger partial charge in [0.2, 0.25) is 0 Å². The van der Waals surface area contributed by atoms with Crippen molar-refractivity contribution in [2.24, 2.45) is 5.10 Å². The molecule has 0 aliphatic carbocycles. The molecule has 2 aromatic rings. The van der Waals surface area contributed by atoms with Crippen LogP contribution in [0.1, 0.15) is 23.0 Å². The standard InChI is InChI=1S/C16H19N5O2S/c1-4-24-16-18-13(9-14(22)19-16)15(23)20-17-10-11-5-7-12(8-6-11)21(2)3/h5-10H,4H2,1-3H3,(H,20,23)(H,18,19,22)/b17-10-. The molecular weight excluding hydrogens is 326 g/mol. The number of nitrogens with zero attached hydrogens (tertiary/aromatic N) is 3. The van der Waals surface area contributed by atoms with Gasteiger partial charge in [-0.1, -0.05) is 30.8 Å². The van der Waals surface area contributed by atoms with E-state index in [9.17, 15) is 9.59 Å². The number of H-pyrrole nitrogens is 1. The quantitative estimate of drug-likeness (QED) is 0.360. The second-order valence-electron chi connectivity index (χ2n) is 5.05. The van der Waals surface area contributed by atoms with E-state index in [-0.39, 0.29) is 11.3 Å². The molecule has 0 spiro atoms. The van der Waals surface area contributed by atoms with Crippen LogP contribution >= 0.6 is 11.8 Å². The minimum atomic E-state index is -0.528. The lowest BCUT2D eigenvalue weighted by Gasteiger charge is -2.11. The molecule has 1 heterocycles. The van der Waals surface area contributed by atoms with Gasteiger partial charge >= 0.3 is 0 Å². The number of hydrogen-bond donors (Lipinski definition) is 2. The molecule has 2 N–H and O–H groups in total. The average Bonchev–Trinajstić information content (AvgIpc) is 2.55. The molecule has 0 radical (unpaired) electrons. The summed E-state index contributed by atoms with van der Waals surface area (Å²) in [7, 11) is 3.92. The van der Waals surface area contributed by atoms with Crippen molar-refractivity contribution in [2.45, 2.75) is 12.1 Å². The fourth-order valence-corrected chi connectivity index (χ4v) is 2.45. The maximum atomic E-state index is 12.0. The van der Waals surface area contributed by atoms with Gasteiger partial charge in [0.1, 0.15) is 5.69 Å². The summed E-state index contributed by atoms with van der Waals surface area (Å²) >= 11 is 1.36. The molecule has 0 aliphatic rings. The summed E-state index contributed by atoms with van der Waals surface area (Å²) in [5, 5.41) is 4.32. The molecule has 1 amide bonds. The number of rotatable bonds is 6. The number of thioether (sulfide) groups is 1. The molecule has 1 aromatic carbocycles. The zero-order valence-electron chi connectivity index (χ0n) is 13.7. The molecule has 0 unspecified atom stereocenters. The molecule has 24 heavy (non-hydrogen) atoms. The Labute approximate surface area is 144 Å². The van der Waals surface area contributed by atoms with Gasteiger partial charge in [-0.2, -0.15) is 5.10 Å². The SMILES string of the molecule is CCSc1nc(C(=O)N/N=C\c2ccc(N(C)C)cc2)cc(=O)[nH]1. The van der Waals surface area contributed by atoms with Gasteiger partial charge in [-0.15, -0.1) is 0 Å². The van der Waals surface area contributed by atoms with Crippen LogP contribution < -0.4 is 15.9 Å². The van der Waals surface area contributed by atoms with Crippen molar-refractivity contribution in [2.75, 3.05) is 24.7 Å². The van der Waals surface area contributed by atoms with Gasteiger partial charge in [0.15, 0.2) is 5.16 Å². The second kappa shape index (κ2) is 8.30. The Bertz CT molecular complexity index is 784. The first-order valence-electron chi connectivity index (χ1n) is 7.34. The summed E-state index contributed by atoms with van der Waals surface area (Å²) in [6, 6.07) is 8.85. The molecule has 0 atom stereocenters. The third-order valence-corrected chi connectivity index (χ3v) is 3.78. The first kappa shape index (κ1) is 17.7. The number of carbonyl (C=O) groups is 1. The van der Waals surface area contributed by atoms with E-state index in [0.717, 1.165) is 23.1 Å². The summed E-state index contributed by atoms with van der Waals surface area (Å²) in [6.45, 7) is 1.93. The third-order valence-electron chi connectivity index (χ3n) is 3.02. The van der Waals surface area contributed by atoms with Crippen LogP contribution in [0.3, 0.4) is 0 Å². The lowest BCUT2D eigenvalue weighted by atomic mass is 10.2. The fraction of sp³-hybridized carbons (Fsp3) is 0.250. The molecule has 126 valence electrons. The predicted octanol–water partition coefficient (Wildman–Crippen LogP) is 1.71. The topological polar surface area (TPSA) is 90.4 Å². The van der Waals surface area contributed by atoms with Gasteiger partial charge < -0.3 is 9.88 Å². The van der Waals surface area contributed by atoms with E-state index in [2.05, 4.69) is 20.5 Å². The molecular formula is C16H19N5O2S. The van der Waals surface area contributed by atoms with E-state index in [4.69, 9.17) is 0 Å². The molecule has 0 saturated carbocycles. The second-order valence-corrected chi connectivity index (χ2v) is 6.31. The van der Waals surface area contributed by atoms with Crippen LogP contribution in [0.25, 0.3) is 0 Å². The number of aromatic amines is 1. The number of nitrogens with one attached hydrogen (secondary N) is 2. The molecule has 0 aliphatic heterocycles. The van der Waals surface area contributed by atoms with Crippen LogP contribution in [0.5, 0.6) is 0 Å². The molecule has 0 saturated heterocycles. The normalized spacial score (nSPS) is 10.8.